The minimum Gasteiger partial charge on any atom is -0.455 e. The van der Waals surface area contributed by atoms with Gasteiger partial charge in [0.05, 0.1) is 22.7 Å². The quantitative estimate of drug-likeness (QED) is 0.166. The van der Waals surface area contributed by atoms with E-state index in [0.29, 0.717) is 0 Å². The predicted molar refractivity (Wildman–Crippen MR) is 300 cm³/mol. The molecule has 5 nitrogen and oxygen atoms in total. The zero-order valence-electron chi connectivity index (χ0n) is 41.4. The molecule has 346 valence electrons. The van der Waals surface area contributed by atoms with Crippen molar-refractivity contribution in [2.75, 3.05) is 9.80 Å². The molecule has 0 unspecified atom stereocenters. The molecule has 0 aliphatic rings. The third kappa shape index (κ3) is 6.52. The number of furan rings is 3. The summed E-state index contributed by atoms with van der Waals surface area (Å²) in [6.45, 7) is 17.9. The molecule has 0 fully saturated rings. The Hall–Kier alpha value is -8.28. The number of aryl methyl sites for hydroxylation is 2. The largest absolute Gasteiger partial charge is 0.455 e. The summed E-state index contributed by atoms with van der Waals surface area (Å²) in [5.41, 5.74) is 15.8. The van der Waals surface area contributed by atoms with Gasteiger partial charge in [-0.05, 0) is 71.5 Å². The number of anilines is 6. The number of rotatable bonds is 6. The first-order chi connectivity index (χ1) is 34.3. The standard InChI is InChI=1S/C66H54N2O3/c1-39-21-9-15-33-52(39)67(54-35-19-29-47-45-27-17-31-50(65(3,4)5)61(45)70-63(47)54)56-37-49-59-43-25-13-11-23-41(43)57(38-58(59)69-60(49)44-26-14-12-24-42(44)56)68(53-34-16-10-22-40(53)2)55-36-20-30-48-46-28-18-32-51(66(6,7)8)62(46)71-64(48)55/h9-38H,1-8H3. The Bertz CT molecular complexity index is 4300. The van der Waals surface area contributed by atoms with Gasteiger partial charge in [0.15, 0.2) is 11.2 Å². The molecule has 0 radical (unpaired) electrons. The van der Waals surface area contributed by atoms with Gasteiger partial charge < -0.3 is 23.1 Å². The molecule has 13 rings (SSSR count). The molecule has 3 aromatic heterocycles. The number of para-hydroxylation sites is 6. The monoisotopic (exact) mass is 922 g/mol. The fourth-order valence-corrected chi connectivity index (χ4v) is 11.3. The summed E-state index contributed by atoms with van der Waals surface area (Å²) in [6.07, 6.45) is 0. The molecule has 10 aromatic carbocycles. The van der Waals surface area contributed by atoms with Gasteiger partial charge in [-0.15, -0.1) is 0 Å². The van der Waals surface area contributed by atoms with Crippen molar-refractivity contribution in [2.45, 2.75) is 66.2 Å². The third-order valence-electron chi connectivity index (χ3n) is 14.7. The maximum absolute atomic E-state index is 7.29. The van der Waals surface area contributed by atoms with Crippen LogP contribution in [0.3, 0.4) is 0 Å². The molecular formula is C66H54N2O3. The molecule has 0 aliphatic heterocycles. The third-order valence-corrected chi connectivity index (χ3v) is 14.7. The van der Waals surface area contributed by atoms with Crippen molar-refractivity contribution >= 4 is 121 Å². The van der Waals surface area contributed by atoms with Crippen LogP contribution in [0.25, 0.3) is 87.4 Å². The summed E-state index contributed by atoms with van der Waals surface area (Å²) >= 11 is 0. The second-order valence-electron chi connectivity index (χ2n) is 21.4. The predicted octanol–water partition coefficient (Wildman–Crippen LogP) is 19.8. The summed E-state index contributed by atoms with van der Waals surface area (Å²) in [6, 6.07) is 65.5. The van der Waals surface area contributed by atoms with Gasteiger partial charge in [-0.25, -0.2) is 0 Å². The highest BCUT2D eigenvalue weighted by atomic mass is 16.3. The van der Waals surface area contributed by atoms with E-state index in [-0.39, 0.29) is 10.8 Å². The molecule has 0 aliphatic carbocycles. The van der Waals surface area contributed by atoms with Gasteiger partial charge >= 0.3 is 0 Å². The lowest BCUT2D eigenvalue weighted by molar-refractivity contribution is 0.572. The first-order valence-electron chi connectivity index (χ1n) is 24.8. The van der Waals surface area contributed by atoms with Crippen LogP contribution in [0.2, 0.25) is 0 Å². The average Bonchev–Trinajstić information content (AvgIpc) is 4.07. The van der Waals surface area contributed by atoms with Crippen LogP contribution < -0.4 is 9.80 Å². The SMILES string of the molecule is Cc1ccccc1N(c1cc2c(oc3cc(N(c4ccccc4C)c4cccc5c4oc4c(C(C)(C)C)cccc45)c4ccccc4c32)c2ccccc12)c1cccc2c1oc1c(C(C)(C)C)cccc12. The molecule has 3 heterocycles. The van der Waals surface area contributed by atoms with Gasteiger partial charge in [0.1, 0.15) is 22.3 Å². The van der Waals surface area contributed by atoms with Crippen molar-refractivity contribution in [1.29, 1.82) is 0 Å². The van der Waals surface area contributed by atoms with Crippen LogP contribution in [0, 0.1) is 13.8 Å². The fourth-order valence-electron chi connectivity index (χ4n) is 11.3. The molecule has 5 heteroatoms. The highest BCUT2D eigenvalue weighted by molar-refractivity contribution is 6.28. The van der Waals surface area contributed by atoms with Crippen LogP contribution in [-0.2, 0) is 10.8 Å². The fraction of sp³-hybridized carbons (Fsp3) is 0.152. The van der Waals surface area contributed by atoms with Crippen LogP contribution >= 0.6 is 0 Å². The van der Waals surface area contributed by atoms with Crippen LogP contribution in [0.15, 0.2) is 195 Å². The molecule has 0 atom stereocenters. The Balaban J connectivity index is 1.11. The lowest BCUT2D eigenvalue weighted by Gasteiger charge is -2.28. The Labute approximate surface area is 413 Å². The van der Waals surface area contributed by atoms with Gasteiger partial charge in [-0.1, -0.05) is 187 Å². The maximum Gasteiger partial charge on any atom is 0.159 e. The average molecular weight is 923 g/mol. The Morgan fingerprint density at radius 1 is 0.296 bits per heavy atom. The molecule has 0 spiro atoms. The van der Waals surface area contributed by atoms with E-state index in [9.17, 15) is 0 Å². The van der Waals surface area contributed by atoms with Crippen molar-refractivity contribution in [3.8, 4) is 0 Å². The topological polar surface area (TPSA) is 45.9 Å². The zero-order valence-corrected chi connectivity index (χ0v) is 41.4. The van der Waals surface area contributed by atoms with Gasteiger partial charge in [-0.3, -0.25) is 0 Å². The molecule has 0 bridgehead atoms. The van der Waals surface area contributed by atoms with E-state index in [1.165, 1.54) is 11.1 Å². The van der Waals surface area contributed by atoms with Crippen molar-refractivity contribution in [3.63, 3.8) is 0 Å². The second-order valence-corrected chi connectivity index (χ2v) is 21.4. The van der Waals surface area contributed by atoms with Crippen molar-refractivity contribution in [1.82, 2.24) is 0 Å². The summed E-state index contributed by atoms with van der Waals surface area (Å²) in [7, 11) is 0. The second kappa shape index (κ2) is 15.6. The number of hydrogen-bond acceptors (Lipinski definition) is 5. The summed E-state index contributed by atoms with van der Waals surface area (Å²) in [5, 5.41) is 10.8. The lowest BCUT2D eigenvalue weighted by Crippen LogP contribution is -2.12. The van der Waals surface area contributed by atoms with E-state index in [2.05, 4.69) is 247 Å². The Morgan fingerprint density at radius 2 is 0.662 bits per heavy atom. The molecule has 0 saturated carbocycles. The summed E-state index contributed by atoms with van der Waals surface area (Å²) in [4.78, 5) is 4.79. The van der Waals surface area contributed by atoms with Gasteiger partial charge in [0.2, 0.25) is 0 Å². The van der Waals surface area contributed by atoms with Crippen LogP contribution in [0.4, 0.5) is 34.1 Å². The van der Waals surface area contributed by atoms with E-state index in [4.69, 9.17) is 13.3 Å². The molecule has 0 N–H and O–H groups in total. The smallest absolute Gasteiger partial charge is 0.159 e. The van der Waals surface area contributed by atoms with Crippen molar-refractivity contribution < 1.29 is 13.3 Å². The van der Waals surface area contributed by atoms with E-state index in [0.717, 1.165) is 133 Å². The molecule has 13 aromatic rings. The van der Waals surface area contributed by atoms with Crippen molar-refractivity contribution in [3.05, 3.63) is 204 Å². The molecule has 71 heavy (non-hydrogen) atoms. The normalized spacial score (nSPS) is 12.5. The number of nitrogens with zero attached hydrogens (tertiary/aromatic N) is 2. The molecule has 0 amide bonds. The first kappa shape index (κ1) is 42.8. The summed E-state index contributed by atoms with van der Waals surface area (Å²) < 4.78 is 21.5. The molecule has 0 saturated heterocycles. The van der Waals surface area contributed by atoms with Gasteiger partial charge in [0.25, 0.3) is 0 Å². The minimum absolute atomic E-state index is 0.107. The van der Waals surface area contributed by atoms with Crippen molar-refractivity contribution in [2.24, 2.45) is 0 Å². The Morgan fingerprint density at radius 3 is 1.15 bits per heavy atom. The number of hydrogen-bond donors (Lipinski definition) is 0. The molecular weight excluding hydrogens is 869 g/mol. The van der Waals surface area contributed by atoms with Gasteiger partial charge in [-0.2, -0.15) is 0 Å². The van der Waals surface area contributed by atoms with Crippen LogP contribution in [-0.4, -0.2) is 0 Å². The highest BCUT2D eigenvalue weighted by Crippen LogP contribution is 2.52. The van der Waals surface area contributed by atoms with E-state index < -0.39 is 0 Å². The van der Waals surface area contributed by atoms with E-state index >= 15 is 0 Å². The zero-order chi connectivity index (χ0) is 48.5. The first-order valence-corrected chi connectivity index (χ1v) is 24.8. The van der Waals surface area contributed by atoms with Gasteiger partial charge in [0, 0.05) is 77.0 Å². The summed E-state index contributed by atoms with van der Waals surface area (Å²) in [5.74, 6) is 0. The van der Waals surface area contributed by atoms with Crippen LogP contribution in [0.1, 0.15) is 63.8 Å². The maximum atomic E-state index is 7.29. The van der Waals surface area contributed by atoms with E-state index in [1.807, 2.05) is 0 Å². The van der Waals surface area contributed by atoms with E-state index in [1.54, 1.807) is 0 Å². The highest BCUT2D eigenvalue weighted by Gasteiger charge is 2.30. The minimum atomic E-state index is -0.108. The number of benzene rings is 10. The lowest BCUT2D eigenvalue weighted by atomic mass is 9.86. The van der Waals surface area contributed by atoms with Crippen LogP contribution in [0.5, 0.6) is 0 Å². The Kier molecular flexibility index (Phi) is 9.41. The number of fused-ring (bicyclic) bond motifs is 13.